The van der Waals surface area contributed by atoms with E-state index in [0.717, 1.165) is 64.2 Å². The highest BCUT2D eigenvalue weighted by Gasteiger charge is 2.39. The van der Waals surface area contributed by atoms with Gasteiger partial charge in [-0.1, -0.05) is 44.2 Å². The quantitative estimate of drug-likeness (QED) is 0.266. The van der Waals surface area contributed by atoms with Crippen LogP contribution in [0.3, 0.4) is 0 Å². The number of carbonyl (C=O) groups excluding carboxylic acids is 2. The van der Waals surface area contributed by atoms with E-state index in [9.17, 15) is 14.9 Å². The van der Waals surface area contributed by atoms with Crippen molar-refractivity contribution >= 4 is 23.3 Å². The first-order valence-corrected chi connectivity index (χ1v) is 15.5. The van der Waals surface area contributed by atoms with E-state index in [2.05, 4.69) is 46.4 Å². The van der Waals surface area contributed by atoms with Crippen LogP contribution in [0.5, 0.6) is 0 Å². The summed E-state index contributed by atoms with van der Waals surface area (Å²) in [5.74, 6) is 1.41. The maximum absolute atomic E-state index is 13.1. The Morgan fingerprint density at radius 1 is 1.07 bits per heavy atom. The Hall–Kier alpha value is -4.94. The van der Waals surface area contributed by atoms with Crippen molar-refractivity contribution in [2.75, 3.05) is 26.7 Å². The molecule has 0 aliphatic carbocycles. The molecule has 0 saturated carbocycles. The monoisotopic (exact) mass is 603 g/mol. The van der Waals surface area contributed by atoms with Gasteiger partial charge in [0.1, 0.15) is 23.6 Å². The van der Waals surface area contributed by atoms with Crippen LogP contribution in [0.1, 0.15) is 65.5 Å². The molecule has 1 amide bonds. The molecule has 1 saturated heterocycles. The highest BCUT2D eigenvalue weighted by Crippen LogP contribution is 2.39. The van der Waals surface area contributed by atoms with Crippen molar-refractivity contribution in [3.05, 3.63) is 87.8 Å². The zero-order valence-electron chi connectivity index (χ0n) is 26.3. The average Bonchev–Trinajstić information content (AvgIpc) is 3.85. The second-order valence-corrected chi connectivity index (χ2v) is 11.5. The van der Waals surface area contributed by atoms with Crippen LogP contribution in [0, 0.1) is 25.2 Å². The van der Waals surface area contributed by atoms with Crippen molar-refractivity contribution in [3.63, 3.8) is 0 Å². The van der Waals surface area contributed by atoms with Crippen molar-refractivity contribution in [2.45, 2.75) is 52.8 Å². The Balaban J connectivity index is 0.00000175. The number of aromatic nitrogens is 1. The topological polar surface area (TPSA) is 112 Å². The fourth-order valence-electron chi connectivity index (χ4n) is 6.61. The van der Waals surface area contributed by atoms with E-state index >= 15 is 0 Å². The summed E-state index contributed by atoms with van der Waals surface area (Å²) in [6.45, 7) is 10.1. The minimum Gasteiger partial charge on any atom is -0.467 e. The molecule has 9 nitrogen and oxygen atoms in total. The van der Waals surface area contributed by atoms with Gasteiger partial charge in [-0.25, -0.2) is 4.98 Å². The number of carbonyl (C=O) groups is 2. The number of hydrogen-bond donors (Lipinski definition) is 1. The van der Waals surface area contributed by atoms with Gasteiger partial charge in [0.15, 0.2) is 11.8 Å². The lowest BCUT2D eigenvalue weighted by Gasteiger charge is -2.27. The van der Waals surface area contributed by atoms with Crippen molar-refractivity contribution in [1.82, 2.24) is 20.1 Å². The van der Waals surface area contributed by atoms with E-state index in [4.69, 9.17) is 9.15 Å². The fraction of sp³-hybridized carbons (Fsp3) is 0.333. The lowest BCUT2D eigenvalue weighted by atomic mass is 9.91. The van der Waals surface area contributed by atoms with Crippen LogP contribution >= 0.6 is 0 Å². The number of likely N-dealkylation sites (N-methyl/N-ethyl adjacent to an activating group) is 1. The number of aldehydes is 1. The number of benzene rings is 3. The van der Waals surface area contributed by atoms with Crippen molar-refractivity contribution in [3.8, 4) is 28.7 Å². The molecule has 1 unspecified atom stereocenters. The zero-order chi connectivity index (χ0) is 31.8. The summed E-state index contributed by atoms with van der Waals surface area (Å²) in [5.41, 5.74) is 8.48. The maximum atomic E-state index is 13.1. The average molecular weight is 604 g/mol. The molecule has 1 aromatic heterocycles. The molecular formula is C36H37N5O4. The van der Waals surface area contributed by atoms with Crippen LogP contribution in [0.15, 0.2) is 64.4 Å². The molecule has 1 fully saturated rings. The number of fused-ring (bicyclic) bond motifs is 1. The summed E-state index contributed by atoms with van der Waals surface area (Å²) in [6.07, 6.45) is 2.35. The summed E-state index contributed by atoms with van der Waals surface area (Å²) in [7, 11) is 2.02. The van der Waals surface area contributed by atoms with E-state index in [1.807, 2.05) is 50.9 Å². The molecule has 0 spiro atoms. The lowest BCUT2D eigenvalue weighted by molar-refractivity contribution is -0.134. The molecule has 3 aliphatic rings. The number of nitrogens with one attached hydrogen (secondary N) is 1. The highest BCUT2D eigenvalue weighted by atomic mass is 16.5. The molecule has 4 aromatic rings. The third kappa shape index (κ3) is 5.25. The normalized spacial score (nSPS) is 19.1. The Morgan fingerprint density at radius 3 is 2.49 bits per heavy atom. The molecule has 2 atom stereocenters. The third-order valence-corrected chi connectivity index (χ3v) is 8.98. The number of ether oxygens (including phenoxy) is 1. The molecule has 0 bridgehead atoms. The molecule has 7 rings (SSSR count). The number of nitriles is 1. The maximum Gasteiger partial charge on any atom is 0.240 e. The minimum absolute atomic E-state index is 0.0364. The first kappa shape index (κ1) is 30.1. The Kier molecular flexibility index (Phi) is 8.17. The first-order chi connectivity index (χ1) is 21.9. The van der Waals surface area contributed by atoms with Crippen molar-refractivity contribution in [1.29, 1.82) is 5.26 Å². The first-order valence-electron chi connectivity index (χ1n) is 15.5. The molecule has 45 heavy (non-hydrogen) atoms. The molecule has 4 heterocycles. The summed E-state index contributed by atoms with van der Waals surface area (Å²) in [4.78, 5) is 33.1. The molecule has 9 heteroatoms. The number of oxazole rings is 1. The van der Waals surface area contributed by atoms with Gasteiger partial charge in [-0.2, -0.15) is 5.26 Å². The zero-order valence-corrected chi connectivity index (χ0v) is 26.3. The predicted octanol–water partition coefficient (Wildman–Crippen LogP) is 6.26. The van der Waals surface area contributed by atoms with Crippen LogP contribution in [-0.2, 0) is 9.53 Å². The van der Waals surface area contributed by atoms with Crippen molar-refractivity contribution in [2.24, 2.45) is 0 Å². The van der Waals surface area contributed by atoms with E-state index in [0.29, 0.717) is 41.9 Å². The number of likely N-dealkylation sites (tertiary alicyclic amines) is 1. The van der Waals surface area contributed by atoms with E-state index in [-0.39, 0.29) is 23.7 Å². The van der Waals surface area contributed by atoms with Gasteiger partial charge in [0.25, 0.3) is 0 Å². The lowest BCUT2D eigenvalue weighted by Crippen LogP contribution is -2.44. The van der Waals surface area contributed by atoms with Gasteiger partial charge in [0.05, 0.1) is 30.4 Å². The summed E-state index contributed by atoms with van der Waals surface area (Å²) < 4.78 is 12.5. The smallest absolute Gasteiger partial charge is 0.240 e. The van der Waals surface area contributed by atoms with Gasteiger partial charge in [-0.3, -0.25) is 14.5 Å². The van der Waals surface area contributed by atoms with Crippen LogP contribution in [0.25, 0.3) is 33.7 Å². The number of hydrogen-bond acceptors (Lipinski definition) is 8. The fourth-order valence-corrected chi connectivity index (χ4v) is 6.61. The van der Waals surface area contributed by atoms with Gasteiger partial charge in [-0.15, -0.1) is 0 Å². The van der Waals surface area contributed by atoms with Gasteiger partial charge in [-0.05, 0) is 80.7 Å². The molecule has 3 aliphatic heterocycles. The third-order valence-electron chi connectivity index (χ3n) is 8.98. The number of amides is 1. The molecule has 230 valence electrons. The molecular weight excluding hydrogens is 566 g/mol. The van der Waals surface area contributed by atoms with E-state index in [1.165, 1.54) is 6.07 Å². The Labute approximate surface area is 263 Å². The van der Waals surface area contributed by atoms with Crippen LogP contribution in [0.2, 0.25) is 0 Å². The summed E-state index contributed by atoms with van der Waals surface area (Å²) >= 11 is 0. The van der Waals surface area contributed by atoms with Crippen LogP contribution < -0.4 is 5.32 Å². The summed E-state index contributed by atoms with van der Waals surface area (Å²) in [6, 6.07) is 17.4. The largest absolute Gasteiger partial charge is 0.467 e. The Morgan fingerprint density at radius 2 is 1.80 bits per heavy atom. The van der Waals surface area contributed by atoms with Crippen molar-refractivity contribution < 1.29 is 18.7 Å². The predicted molar refractivity (Wildman–Crippen MR) is 172 cm³/mol. The Bertz CT molecular complexity index is 1870. The summed E-state index contributed by atoms with van der Waals surface area (Å²) in [5, 5.41) is 13.1. The standard InChI is InChI=1S/C34H31N5O4.C2H6/c1-19-23(24-8-5-10-26(20(24)2)33-36-27-14-21(18-40)13-22(15-35)31(27)43-33)7-4-9-25(19)32-37-28-16-39(17-30(28)42-32)34(41)29-11-6-12-38(29)3;1-2/h4-5,7-10,13-14,18,29,32,37H,6,11-12,16-17H2,1-3H3;1-2H3/t29-,32?;/m0./s1. The number of nitrogens with zero attached hydrogens (tertiary/aromatic N) is 4. The van der Waals surface area contributed by atoms with E-state index in [1.54, 1.807) is 6.07 Å². The minimum atomic E-state index is -0.326. The van der Waals surface area contributed by atoms with Gasteiger partial charge in [0, 0.05) is 16.7 Å². The highest BCUT2D eigenvalue weighted by molar-refractivity contribution is 5.89. The molecule has 3 aromatic carbocycles. The van der Waals surface area contributed by atoms with Gasteiger partial charge < -0.3 is 19.4 Å². The second kappa shape index (κ2) is 12.2. The number of rotatable bonds is 5. The van der Waals surface area contributed by atoms with Gasteiger partial charge in [0.2, 0.25) is 11.8 Å². The second-order valence-electron chi connectivity index (χ2n) is 11.5. The SMILES string of the molecule is CC.Cc1c(-c2nc3cc(C=O)cc(C#N)c3o2)cccc1-c1cccc(C2NC3=C(CN(C(=O)[C@@H]4CCCN4C)C3)O2)c1C. The molecule has 0 radical (unpaired) electrons. The van der Waals surface area contributed by atoms with E-state index < -0.39 is 0 Å². The van der Waals surface area contributed by atoms with Crippen LogP contribution in [-0.4, -0.2) is 59.7 Å². The van der Waals surface area contributed by atoms with Crippen LogP contribution in [0.4, 0.5) is 0 Å². The van der Waals surface area contributed by atoms with Gasteiger partial charge >= 0.3 is 0 Å². The molecule has 1 N–H and O–H groups in total.